The maximum absolute atomic E-state index is 13.8. The number of aryl methyl sites for hydroxylation is 1. The lowest BCUT2D eigenvalue weighted by Gasteiger charge is -2.37. The predicted molar refractivity (Wildman–Crippen MR) is 170 cm³/mol. The first-order valence-corrected chi connectivity index (χ1v) is 16.4. The summed E-state index contributed by atoms with van der Waals surface area (Å²) in [6.07, 6.45) is 2.97. The molecule has 1 fully saturated rings. The van der Waals surface area contributed by atoms with E-state index in [1.54, 1.807) is 35.2 Å². The molecule has 9 heteroatoms. The highest BCUT2D eigenvalue weighted by atomic mass is 32.2. The number of piperazine rings is 1. The van der Waals surface area contributed by atoms with Gasteiger partial charge in [-0.3, -0.25) is 9.69 Å². The molecule has 3 aromatic carbocycles. The van der Waals surface area contributed by atoms with Crippen LogP contribution in [-0.4, -0.2) is 74.5 Å². The van der Waals surface area contributed by atoms with Crippen molar-refractivity contribution in [2.75, 3.05) is 26.2 Å². The third-order valence-electron chi connectivity index (χ3n) is 7.70. The van der Waals surface area contributed by atoms with E-state index < -0.39 is 21.9 Å². The Labute approximate surface area is 255 Å². The Morgan fingerprint density at radius 3 is 1.93 bits per heavy atom. The Balaban J connectivity index is 1.51. The second kappa shape index (κ2) is 15.5. The molecule has 4 rings (SSSR count). The van der Waals surface area contributed by atoms with Crippen LogP contribution >= 0.6 is 0 Å². The van der Waals surface area contributed by atoms with Gasteiger partial charge in [-0.15, -0.1) is 0 Å². The zero-order valence-electron chi connectivity index (χ0n) is 24.9. The fourth-order valence-electron chi connectivity index (χ4n) is 5.09. The molecule has 3 aromatic rings. The minimum atomic E-state index is -3.70. The fraction of sp³-hybridized carbons (Fsp3) is 0.353. The van der Waals surface area contributed by atoms with Crippen molar-refractivity contribution in [2.24, 2.45) is 0 Å². The van der Waals surface area contributed by atoms with Gasteiger partial charge in [0.2, 0.25) is 5.91 Å². The van der Waals surface area contributed by atoms with E-state index in [0.717, 1.165) is 29.6 Å². The molecule has 0 unspecified atom stereocenters. The van der Waals surface area contributed by atoms with Gasteiger partial charge < -0.3 is 15.5 Å². The molecule has 1 saturated heterocycles. The highest BCUT2D eigenvalue weighted by Crippen LogP contribution is 2.14. The molecule has 0 radical (unpaired) electrons. The number of carbonyl (C=O) groups excluding carboxylic acids is 2. The van der Waals surface area contributed by atoms with Crippen molar-refractivity contribution in [3.8, 4) is 0 Å². The van der Waals surface area contributed by atoms with Crippen LogP contribution in [0.15, 0.2) is 107 Å². The molecule has 2 atom stereocenters. The van der Waals surface area contributed by atoms with E-state index in [1.165, 1.54) is 6.08 Å². The Hall–Kier alpha value is -3.95. The van der Waals surface area contributed by atoms with Gasteiger partial charge in [-0.2, -0.15) is 0 Å². The van der Waals surface area contributed by atoms with E-state index in [-0.39, 0.29) is 16.8 Å². The maximum atomic E-state index is 13.8. The van der Waals surface area contributed by atoms with E-state index in [1.807, 2.05) is 60.7 Å². The second-order valence-corrected chi connectivity index (χ2v) is 13.0. The SMILES string of the molecule is CC(C)N1CCN(C(=O)N[C@@H](Cc2ccccc2)C(=O)N[C@H](/C=C/S(=O)(=O)c2ccccc2)CCc2ccccc2)CC1. The van der Waals surface area contributed by atoms with Crippen LogP contribution in [0.4, 0.5) is 4.79 Å². The van der Waals surface area contributed by atoms with Gasteiger partial charge in [0.15, 0.2) is 9.84 Å². The number of nitrogens with one attached hydrogen (secondary N) is 2. The molecule has 2 N–H and O–H groups in total. The number of urea groups is 1. The largest absolute Gasteiger partial charge is 0.348 e. The van der Waals surface area contributed by atoms with E-state index >= 15 is 0 Å². The summed E-state index contributed by atoms with van der Waals surface area (Å²) in [5.41, 5.74) is 1.99. The fourth-order valence-corrected chi connectivity index (χ4v) is 6.18. The molecule has 43 heavy (non-hydrogen) atoms. The average Bonchev–Trinajstić information content (AvgIpc) is 3.03. The molecule has 8 nitrogen and oxygen atoms in total. The summed E-state index contributed by atoms with van der Waals surface area (Å²) in [4.78, 5) is 31.4. The number of sulfone groups is 1. The summed E-state index contributed by atoms with van der Waals surface area (Å²) in [7, 11) is -3.70. The van der Waals surface area contributed by atoms with Crippen molar-refractivity contribution in [1.29, 1.82) is 0 Å². The van der Waals surface area contributed by atoms with Crippen LogP contribution in [-0.2, 0) is 27.5 Å². The zero-order valence-corrected chi connectivity index (χ0v) is 25.7. The number of hydrogen-bond acceptors (Lipinski definition) is 5. The van der Waals surface area contributed by atoms with Gasteiger partial charge in [-0.05, 0) is 49.9 Å². The Bertz CT molecular complexity index is 1440. The van der Waals surface area contributed by atoms with Gasteiger partial charge in [0.05, 0.1) is 4.90 Å². The third kappa shape index (κ3) is 9.80. The number of hydrogen-bond donors (Lipinski definition) is 2. The van der Waals surface area contributed by atoms with Crippen molar-refractivity contribution >= 4 is 21.8 Å². The summed E-state index contributed by atoms with van der Waals surface area (Å²) in [6, 6.07) is 26.3. The zero-order chi connectivity index (χ0) is 30.7. The summed E-state index contributed by atoms with van der Waals surface area (Å²) in [5.74, 6) is -0.363. The summed E-state index contributed by atoms with van der Waals surface area (Å²) >= 11 is 0. The van der Waals surface area contributed by atoms with Crippen molar-refractivity contribution in [3.05, 3.63) is 114 Å². The van der Waals surface area contributed by atoms with E-state index in [2.05, 4.69) is 29.4 Å². The first-order valence-electron chi connectivity index (χ1n) is 14.9. The van der Waals surface area contributed by atoms with E-state index in [4.69, 9.17) is 0 Å². The molecule has 0 spiro atoms. The number of rotatable bonds is 12. The molecular formula is C34H42N4O4S. The van der Waals surface area contributed by atoms with Crippen LogP contribution in [0.3, 0.4) is 0 Å². The Kier molecular flexibility index (Phi) is 11.5. The van der Waals surface area contributed by atoms with E-state index in [9.17, 15) is 18.0 Å². The molecule has 0 aromatic heterocycles. The molecular weight excluding hydrogens is 560 g/mol. The molecule has 1 heterocycles. The minimum Gasteiger partial charge on any atom is -0.348 e. The topological polar surface area (TPSA) is 98.8 Å². The van der Waals surface area contributed by atoms with Crippen LogP contribution < -0.4 is 10.6 Å². The van der Waals surface area contributed by atoms with Crippen molar-refractivity contribution in [3.63, 3.8) is 0 Å². The molecule has 1 aliphatic heterocycles. The van der Waals surface area contributed by atoms with Crippen molar-refractivity contribution in [2.45, 2.75) is 56.1 Å². The normalized spacial score (nSPS) is 15.7. The number of nitrogens with zero attached hydrogens (tertiary/aromatic N) is 2. The van der Waals surface area contributed by atoms with Crippen LogP contribution in [0.1, 0.15) is 31.4 Å². The van der Waals surface area contributed by atoms with Crippen molar-refractivity contribution < 1.29 is 18.0 Å². The maximum Gasteiger partial charge on any atom is 0.318 e. The molecule has 1 aliphatic rings. The first-order chi connectivity index (χ1) is 20.7. The van der Waals surface area contributed by atoms with Gasteiger partial charge in [-0.25, -0.2) is 13.2 Å². The highest BCUT2D eigenvalue weighted by molar-refractivity contribution is 7.94. The summed E-state index contributed by atoms with van der Waals surface area (Å²) in [5, 5.41) is 7.16. The van der Waals surface area contributed by atoms with Crippen LogP contribution in [0.5, 0.6) is 0 Å². The Morgan fingerprint density at radius 2 is 1.35 bits per heavy atom. The van der Waals surface area contributed by atoms with Crippen LogP contribution in [0, 0.1) is 0 Å². The highest BCUT2D eigenvalue weighted by Gasteiger charge is 2.28. The van der Waals surface area contributed by atoms with Gasteiger partial charge in [0, 0.05) is 50.1 Å². The van der Waals surface area contributed by atoms with Crippen LogP contribution in [0.25, 0.3) is 0 Å². The smallest absolute Gasteiger partial charge is 0.318 e. The summed E-state index contributed by atoms with van der Waals surface area (Å²) in [6.45, 7) is 7.02. The lowest BCUT2D eigenvalue weighted by Crippen LogP contribution is -2.57. The predicted octanol–water partition coefficient (Wildman–Crippen LogP) is 4.44. The molecule has 0 saturated carbocycles. The lowest BCUT2D eigenvalue weighted by molar-refractivity contribution is -0.123. The third-order valence-corrected chi connectivity index (χ3v) is 9.15. The number of carbonyl (C=O) groups is 2. The van der Waals surface area contributed by atoms with Gasteiger partial charge in [0.25, 0.3) is 0 Å². The number of benzene rings is 3. The molecule has 3 amide bonds. The Morgan fingerprint density at radius 1 is 0.791 bits per heavy atom. The standard InChI is InChI=1S/C34H42N4O4S/c1-27(2)37-21-23-38(24-22-37)34(40)36-32(26-29-14-8-4-9-15-29)33(39)35-30(19-18-28-12-6-3-7-13-28)20-25-43(41,42)31-16-10-5-11-17-31/h3-17,20,25,27,30,32H,18-19,21-24,26H2,1-2H3,(H,35,39)(H,36,40)/b25-20+/t30-,32-/m0/s1. The van der Waals surface area contributed by atoms with Crippen LogP contribution in [0.2, 0.25) is 0 Å². The minimum absolute atomic E-state index is 0.186. The molecule has 228 valence electrons. The van der Waals surface area contributed by atoms with Gasteiger partial charge in [-0.1, -0.05) is 84.9 Å². The first kappa shape index (κ1) is 32.0. The quantitative estimate of drug-likeness (QED) is 0.320. The molecule has 0 aliphatic carbocycles. The average molecular weight is 603 g/mol. The van der Waals surface area contributed by atoms with Crippen molar-refractivity contribution in [1.82, 2.24) is 20.4 Å². The number of amides is 3. The lowest BCUT2D eigenvalue weighted by atomic mass is 10.0. The van der Waals surface area contributed by atoms with Gasteiger partial charge in [0.1, 0.15) is 6.04 Å². The second-order valence-electron chi connectivity index (χ2n) is 11.1. The molecule has 0 bridgehead atoms. The summed E-state index contributed by atoms with van der Waals surface area (Å²) < 4.78 is 26.0. The van der Waals surface area contributed by atoms with E-state index in [0.29, 0.717) is 38.4 Å². The van der Waals surface area contributed by atoms with Gasteiger partial charge >= 0.3 is 6.03 Å². The monoisotopic (exact) mass is 602 g/mol.